The lowest BCUT2D eigenvalue weighted by atomic mass is 9.94. The second kappa shape index (κ2) is 6.38. The molecule has 0 atom stereocenters. The first-order valence-electron chi connectivity index (χ1n) is 8.96. The zero-order valence-electron chi connectivity index (χ0n) is 14.5. The highest BCUT2D eigenvalue weighted by Gasteiger charge is 2.53. The fraction of sp³-hybridized carbons (Fsp3) is 0.381. The molecule has 1 aliphatic heterocycles. The molecule has 0 aromatic heterocycles. The minimum Gasteiger partial charge on any atom is -0.368 e. The molecule has 3 nitrogen and oxygen atoms in total. The number of amides is 1. The molecule has 0 bridgehead atoms. The Kier molecular flexibility index (Phi) is 4.20. The van der Waals surface area contributed by atoms with Crippen molar-refractivity contribution in [2.75, 3.05) is 31.1 Å². The Hall–Kier alpha value is -2.00. The molecular weight excluding hydrogens is 332 g/mol. The molecule has 2 aromatic carbocycles. The summed E-state index contributed by atoms with van der Waals surface area (Å²) in [4.78, 5) is 17.6. The van der Waals surface area contributed by atoms with E-state index in [9.17, 15) is 4.79 Å². The monoisotopic (exact) mass is 354 g/mol. The topological polar surface area (TPSA) is 23.6 Å². The third-order valence-corrected chi connectivity index (χ3v) is 5.79. The summed E-state index contributed by atoms with van der Waals surface area (Å²) in [6.45, 7) is 5.50. The summed E-state index contributed by atoms with van der Waals surface area (Å²) in [6, 6.07) is 16.3. The minimum absolute atomic E-state index is 0.277. The molecule has 2 fully saturated rings. The number of nitrogens with zero attached hydrogens (tertiary/aromatic N) is 2. The van der Waals surface area contributed by atoms with E-state index in [0.29, 0.717) is 5.02 Å². The molecule has 1 heterocycles. The average Bonchev–Trinajstić information content (AvgIpc) is 3.44. The summed E-state index contributed by atoms with van der Waals surface area (Å²) >= 11 is 6.14. The smallest absolute Gasteiger partial charge is 0.233 e. The molecule has 0 radical (unpaired) electrons. The van der Waals surface area contributed by atoms with Crippen LogP contribution in [0.5, 0.6) is 0 Å². The van der Waals surface area contributed by atoms with Crippen molar-refractivity contribution >= 4 is 23.2 Å². The van der Waals surface area contributed by atoms with Gasteiger partial charge in [0, 0.05) is 36.9 Å². The molecule has 0 spiro atoms. The summed E-state index contributed by atoms with van der Waals surface area (Å²) in [6.07, 6.45) is 1.87. The number of hydrogen-bond donors (Lipinski definition) is 0. The van der Waals surface area contributed by atoms with Crippen molar-refractivity contribution in [2.24, 2.45) is 0 Å². The summed E-state index contributed by atoms with van der Waals surface area (Å²) in [5, 5.41) is 0.709. The molecule has 4 rings (SSSR count). The van der Waals surface area contributed by atoms with Crippen molar-refractivity contribution in [1.82, 2.24) is 4.90 Å². The quantitative estimate of drug-likeness (QED) is 0.830. The first-order chi connectivity index (χ1) is 12.1. The number of piperazine rings is 1. The van der Waals surface area contributed by atoms with Crippen LogP contribution in [0, 0.1) is 6.92 Å². The number of halogens is 1. The third kappa shape index (κ3) is 3.02. The molecule has 130 valence electrons. The highest BCUT2D eigenvalue weighted by Crippen LogP contribution is 2.50. The van der Waals surface area contributed by atoms with E-state index >= 15 is 0 Å². The fourth-order valence-corrected chi connectivity index (χ4v) is 4.10. The normalized spacial score (nSPS) is 19.0. The summed E-state index contributed by atoms with van der Waals surface area (Å²) in [5.74, 6) is 0.277. The van der Waals surface area contributed by atoms with E-state index in [2.05, 4.69) is 36.1 Å². The van der Waals surface area contributed by atoms with Crippen molar-refractivity contribution in [2.45, 2.75) is 25.2 Å². The van der Waals surface area contributed by atoms with Crippen molar-refractivity contribution in [3.05, 3.63) is 64.7 Å². The number of aryl methyl sites for hydroxylation is 1. The molecule has 0 unspecified atom stereocenters. The van der Waals surface area contributed by atoms with Gasteiger partial charge in [-0.2, -0.15) is 0 Å². The molecule has 2 aromatic rings. The number of carbonyl (C=O) groups excluding carboxylic acids is 1. The van der Waals surface area contributed by atoms with Gasteiger partial charge in [0.25, 0.3) is 0 Å². The molecule has 1 amide bonds. The van der Waals surface area contributed by atoms with Crippen LogP contribution in [-0.4, -0.2) is 37.0 Å². The van der Waals surface area contributed by atoms with Crippen LogP contribution in [0.2, 0.25) is 5.02 Å². The number of anilines is 1. The van der Waals surface area contributed by atoms with Gasteiger partial charge in [-0.25, -0.2) is 0 Å². The molecule has 1 aliphatic carbocycles. The Morgan fingerprint density at radius 1 is 1.00 bits per heavy atom. The van der Waals surface area contributed by atoms with Gasteiger partial charge < -0.3 is 9.80 Å². The van der Waals surface area contributed by atoms with Crippen LogP contribution in [0.15, 0.2) is 48.5 Å². The van der Waals surface area contributed by atoms with E-state index in [1.165, 1.54) is 11.3 Å². The zero-order valence-corrected chi connectivity index (χ0v) is 15.3. The van der Waals surface area contributed by atoms with Crippen LogP contribution in [0.1, 0.15) is 24.0 Å². The predicted molar refractivity (Wildman–Crippen MR) is 102 cm³/mol. The van der Waals surface area contributed by atoms with Crippen LogP contribution >= 0.6 is 11.6 Å². The highest BCUT2D eigenvalue weighted by atomic mass is 35.5. The molecule has 4 heteroatoms. The summed E-state index contributed by atoms with van der Waals surface area (Å²) in [5.41, 5.74) is 3.33. The van der Waals surface area contributed by atoms with E-state index in [-0.39, 0.29) is 11.3 Å². The number of carbonyl (C=O) groups is 1. The van der Waals surface area contributed by atoms with Gasteiger partial charge in [0.15, 0.2) is 0 Å². The van der Waals surface area contributed by atoms with Crippen molar-refractivity contribution in [1.29, 1.82) is 0 Å². The van der Waals surface area contributed by atoms with Crippen LogP contribution < -0.4 is 4.90 Å². The van der Waals surface area contributed by atoms with Crippen LogP contribution in [0.25, 0.3) is 0 Å². The van der Waals surface area contributed by atoms with Gasteiger partial charge in [-0.15, -0.1) is 0 Å². The minimum atomic E-state index is -0.324. The fourth-order valence-electron chi connectivity index (χ4n) is 3.91. The molecular formula is C21H23ClN2O. The standard InChI is InChI=1S/C21H23ClN2O/c1-16-5-2-3-8-19(16)23-11-13-24(14-12-23)20(25)21(9-10-21)17-6-4-7-18(22)15-17/h2-8,15H,9-14H2,1H3. The Morgan fingerprint density at radius 3 is 2.36 bits per heavy atom. The Bertz CT molecular complexity index is 792. The molecule has 0 N–H and O–H groups in total. The lowest BCUT2D eigenvalue weighted by Crippen LogP contribution is -2.51. The van der Waals surface area contributed by atoms with E-state index in [1.54, 1.807) is 0 Å². The van der Waals surface area contributed by atoms with E-state index in [4.69, 9.17) is 11.6 Å². The van der Waals surface area contributed by atoms with Gasteiger partial charge in [-0.1, -0.05) is 41.9 Å². The van der Waals surface area contributed by atoms with Crippen molar-refractivity contribution in [3.8, 4) is 0 Å². The second-order valence-corrected chi connectivity index (χ2v) is 7.59. The van der Waals surface area contributed by atoms with Gasteiger partial charge >= 0.3 is 0 Å². The second-order valence-electron chi connectivity index (χ2n) is 7.16. The van der Waals surface area contributed by atoms with Gasteiger partial charge in [-0.05, 0) is 49.1 Å². The molecule has 2 aliphatic rings. The maximum Gasteiger partial charge on any atom is 0.233 e. The molecule has 25 heavy (non-hydrogen) atoms. The first kappa shape index (κ1) is 16.5. The maximum atomic E-state index is 13.2. The first-order valence-corrected chi connectivity index (χ1v) is 9.34. The van der Waals surface area contributed by atoms with Gasteiger partial charge in [0.1, 0.15) is 0 Å². The average molecular weight is 355 g/mol. The Labute approximate surface area is 154 Å². The van der Waals surface area contributed by atoms with Crippen molar-refractivity contribution in [3.63, 3.8) is 0 Å². The van der Waals surface area contributed by atoms with Crippen LogP contribution in [0.4, 0.5) is 5.69 Å². The molecule has 1 saturated carbocycles. The Balaban J connectivity index is 1.46. The van der Waals surface area contributed by atoms with E-state index < -0.39 is 0 Å². The van der Waals surface area contributed by atoms with Gasteiger partial charge in [0.2, 0.25) is 5.91 Å². The number of rotatable bonds is 3. The number of para-hydroxylation sites is 1. The molecule has 1 saturated heterocycles. The van der Waals surface area contributed by atoms with Crippen molar-refractivity contribution < 1.29 is 4.79 Å². The number of benzene rings is 2. The summed E-state index contributed by atoms with van der Waals surface area (Å²) in [7, 11) is 0. The Morgan fingerprint density at radius 2 is 1.72 bits per heavy atom. The number of hydrogen-bond acceptors (Lipinski definition) is 2. The lowest BCUT2D eigenvalue weighted by Gasteiger charge is -2.38. The predicted octanol–water partition coefficient (Wildman–Crippen LogP) is 4.03. The van der Waals surface area contributed by atoms with Gasteiger partial charge in [0.05, 0.1) is 5.41 Å². The largest absolute Gasteiger partial charge is 0.368 e. The SMILES string of the molecule is Cc1ccccc1N1CCN(C(=O)C2(c3cccc(Cl)c3)CC2)CC1. The van der Waals surface area contributed by atoms with E-state index in [0.717, 1.165) is 44.6 Å². The van der Waals surface area contributed by atoms with Crippen LogP contribution in [-0.2, 0) is 10.2 Å². The highest BCUT2D eigenvalue weighted by molar-refractivity contribution is 6.30. The lowest BCUT2D eigenvalue weighted by molar-refractivity contribution is -0.134. The van der Waals surface area contributed by atoms with Crippen LogP contribution in [0.3, 0.4) is 0 Å². The third-order valence-electron chi connectivity index (χ3n) is 5.56. The summed E-state index contributed by atoms with van der Waals surface area (Å²) < 4.78 is 0. The zero-order chi connectivity index (χ0) is 17.4. The van der Waals surface area contributed by atoms with E-state index in [1.807, 2.05) is 29.2 Å². The van der Waals surface area contributed by atoms with Gasteiger partial charge in [-0.3, -0.25) is 4.79 Å². The maximum absolute atomic E-state index is 13.2.